The molecule has 0 fully saturated rings. The summed E-state index contributed by atoms with van der Waals surface area (Å²) in [7, 11) is 0. The topological polar surface area (TPSA) is 84.5 Å². The number of hydrogen-bond donors (Lipinski definition) is 2. The smallest absolute Gasteiger partial charge is 0.339 e. The fraction of sp³-hybridized carbons (Fsp3) is 0.0455. The number of esters is 1. The second kappa shape index (κ2) is 10.4. The van der Waals surface area contributed by atoms with Crippen molar-refractivity contribution in [3.63, 3.8) is 0 Å². The van der Waals surface area contributed by atoms with Gasteiger partial charge >= 0.3 is 5.97 Å². The summed E-state index contributed by atoms with van der Waals surface area (Å²) in [6.45, 7) is -0.552. The summed E-state index contributed by atoms with van der Waals surface area (Å²) in [5, 5.41) is 2.28. The third kappa shape index (κ3) is 6.04. The highest BCUT2D eigenvalue weighted by atomic mass is 35.5. The van der Waals surface area contributed by atoms with Crippen LogP contribution in [0.15, 0.2) is 72.1 Å². The van der Waals surface area contributed by atoms with Gasteiger partial charge in [-0.2, -0.15) is 0 Å². The standard InChI is InChI=1S/C22H17ClN2O4S/c23-17-10-8-16(9-11-17)18(13-15-5-2-1-3-6-15)22(28)29-14-20(26)24-25-21(27)19-7-4-12-30-19/h1-13H,14H2,(H,24,26)(H,25,27)/b18-13+. The third-order valence-electron chi connectivity index (χ3n) is 3.88. The summed E-state index contributed by atoms with van der Waals surface area (Å²) in [5.41, 5.74) is 6.15. The van der Waals surface area contributed by atoms with E-state index in [1.807, 2.05) is 30.3 Å². The number of thiophene rings is 1. The number of halogens is 1. The average molecular weight is 441 g/mol. The van der Waals surface area contributed by atoms with E-state index >= 15 is 0 Å². The predicted molar refractivity (Wildman–Crippen MR) is 117 cm³/mol. The number of rotatable bonds is 6. The molecule has 0 saturated heterocycles. The number of ether oxygens (including phenoxy) is 1. The van der Waals surface area contributed by atoms with Crippen LogP contribution in [0.4, 0.5) is 0 Å². The molecule has 2 N–H and O–H groups in total. The molecule has 0 aliphatic carbocycles. The Labute approximate surface area is 182 Å². The van der Waals surface area contributed by atoms with Gasteiger partial charge < -0.3 is 4.74 Å². The van der Waals surface area contributed by atoms with Gasteiger partial charge in [0.15, 0.2) is 6.61 Å². The first-order valence-electron chi connectivity index (χ1n) is 8.85. The fourth-order valence-corrected chi connectivity index (χ4v) is 3.19. The first kappa shape index (κ1) is 21.3. The van der Waals surface area contributed by atoms with Crippen LogP contribution in [0.3, 0.4) is 0 Å². The van der Waals surface area contributed by atoms with E-state index in [1.165, 1.54) is 11.3 Å². The van der Waals surface area contributed by atoms with Crippen molar-refractivity contribution in [1.29, 1.82) is 0 Å². The SMILES string of the molecule is O=C(COC(=O)/C(=C/c1ccccc1)c1ccc(Cl)cc1)NNC(=O)c1cccs1. The number of hydrazine groups is 1. The summed E-state index contributed by atoms with van der Waals surface area (Å²) in [6.07, 6.45) is 1.67. The minimum atomic E-state index is -0.680. The van der Waals surface area contributed by atoms with Crippen LogP contribution in [0, 0.1) is 0 Å². The lowest BCUT2D eigenvalue weighted by Crippen LogP contribution is -2.43. The van der Waals surface area contributed by atoms with Gasteiger partial charge in [0.05, 0.1) is 10.5 Å². The van der Waals surface area contributed by atoms with E-state index in [1.54, 1.807) is 47.9 Å². The van der Waals surface area contributed by atoms with Crippen LogP contribution in [-0.4, -0.2) is 24.4 Å². The van der Waals surface area contributed by atoms with Gasteiger partial charge in [-0.1, -0.05) is 60.1 Å². The van der Waals surface area contributed by atoms with E-state index in [0.29, 0.717) is 15.5 Å². The van der Waals surface area contributed by atoms with Crippen molar-refractivity contribution in [2.45, 2.75) is 0 Å². The molecular formula is C22H17ClN2O4S. The highest BCUT2D eigenvalue weighted by Gasteiger charge is 2.16. The molecule has 0 aliphatic heterocycles. The van der Waals surface area contributed by atoms with Crippen molar-refractivity contribution in [3.8, 4) is 0 Å². The maximum absolute atomic E-state index is 12.7. The minimum absolute atomic E-state index is 0.272. The number of hydrogen-bond acceptors (Lipinski definition) is 5. The first-order valence-corrected chi connectivity index (χ1v) is 10.1. The molecule has 1 aromatic heterocycles. The molecule has 0 atom stereocenters. The predicted octanol–water partition coefficient (Wildman–Crippen LogP) is 3.95. The lowest BCUT2D eigenvalue weighted by Gasteiger charge is -2.10. The van der Waals surface area contributed by atoms with Gasteiger partial charge in [-0.25, -0.2) is 4.79 Å². The molecule has 3 rings (SSSR count). The van der Waals surface area contributed by atoms with E-state index in [0.717, 1.165) is 5.56 Å². The Hall–Kier alpha value is -3.42. The van der Waals surface area contributed by atoms with Crippen LogP contribution in [0.25, 0.3) is 11.6 Å². The molecule has 0 saturated carbocycles. The highest BCUT2D eigenvalue weighted by Crippen LogP contribution is 2.22. The van der Waals surface area contributed by atoms with Gasteiger partial charge in [0, 0.05) is 5.02 Å². The molecule has 1 heterocycles. The second-order valence-electron chi connectivity index (χ2n) is 6.03. The van der Waals surface area contributed by atoms with E-state index < -0.39 is 24.4 Å². The summed E-state index contributed by atoms with van der Waals surface area (Å²) < 4.78 is 5.14. The molecular weight excluding hydrogens is 424 g/mol. The van der Waals surface area contributed by atoms with Crippen LogP contribution >= 0.6 is 22.9 Å². The Morgan fingerprint density at radius 1 is 0.933 bits per heavy atom. The lowest BCUT2D eigenvalue weighted by atomic mass is 10.0. The molecule has 6 nitrogen and oxygen atoms in total. The summed E-state index contributed by atoms with van der Waals surface area (Å²) >= 11 is 7.17. The number of carbonyl (C=O) groups excluding carboxylic acids is 3. The zero-order valence-corrected chi connectivity index (χ0v) is 17.2. The monoisotopic (exact) mass is 440 g/mol. The Kier molecular flexibility index (Phi) is 7.37. The summed E-state index contributed by atoms with van der Waals surface area (Å²) in [5.74, 6) is -1.79. The molecule has 0 aliphatic rings. The highest BCUT2D eigenvalue weighted by molar-refractivity contribution is 7.12. The molecule has 2 amide bonds. The van der Waals surface area contributed by atoms with Gasteiger partial charge in [-0.15, -0.1) is 11.3 Å². The molecule has 0 unspecified atom stereocenters. The molecule has 2 aromatic carbocycles. The molecule has 152 valence electrons. The van der Waals surface area contributed by atoms with Gasteiger partial charge in [-0.05, 0) is 40.8 Å². The summed E-state index contributed by atoms with van der Waals surface area (Å²) in [4.78, 5) is 36.9. The van der Waals surface area contributed by atoms with Gasteiger partial charge in [0.1, 0.15) is 0 Å². The molecule has 8 heteroatoms. The van der Waals surface area contributed by atoms with Crippen LogP contribution < -0.4 is 10.9 Å². The average Bonchev–Trinajstić information content (AvgIpc) is 3.31. The number of carbonyl (C=O) groups is 3. The van der Waals surface area contributed by atoms with Crippen molar-refractivity contribution >= 4 is 52.4 Å². The van der Waals surface area contributed by atoms with E-state index in [-0.39, 0.29) is 5.57 Å². The first-order chi connectivity index (χ1) is 14.5. The second-order valence-corrected chi connectivity index (χ2v) is 7.42. The molecule has 3 aromatic rings. The third-order valence-corrected chi connectivity index (χ3v) is 5.00. The van der Waals surface area contributed by atoms with Crippen molar-refractivity contribution in [1.82, 2.24) is 10.9 Å². The van der Waals surface area contributed by atoms with Crippen LogP contribution in [0.1, 0.15) is 20.8 Å². The van der Waals surface area contributed by atoms with Crippen LogP contribution in [0.2, 0.25) is 5.02 Å². The fourth-order valence-electron chi connectivity index (χ4n) is 2.45. The van der Waals surface area contributed by atoms with E-state index in [9.17, 15) is 14.4 Å². The van der Waals surface area contributed by atoms with Crippen LogP contribution in [-0.2, 0) is 14.3 Å². The van der Waals surface area contributed by atoms with Gasteiger partial charge in [0.2, 0.25) is 0 Å². The van der Waals surface area contributed by atoms with Crippen molar-refractivity contribution in [2.24, 2.45) is 0 Å². The van der Waals surface area contributed by atoms with Crippen molar-refractivity contribution in [3.05, 3.63) is 93.1 Å². The molecule has 30 heavy (non-hydrogen) atoms. The maximum Gasteiger partial charge on any atom is 0.339 e. The number of benzene rings is 2. The zero-order chi connectivity index (χ0) is 21.3. The van der Waals surface area contributed by atoms with Gasteiger partial charge in [0.25, 0.3) is 11.8 Å². The largest absolute Gasteiger partial charge is 0.452 e. The zero-order valence-electron chi connectivity index (χ0n) is 15.6. The van der Waals surface area contributed by atoms with E-state index in [4.69, 9.17) is 16.3 Å². The van der Waals surface area contributed by atoms with E-state index in [2.05, 4.69) is 10.9 Å². The molecule has 0 spiro atoms. The summed E-state index contributed by atoms with van der Waals surface area (Å²) in [6, 6.07) is 19.3. The number of amides is 2. The minimum Gasteiger partial charge on any atom is -0.452 e. The molecule has 0 bridgehead atoms. The Morgan fingerprint density at radius 2 is 1.67 bits per heavy atom. The normalized spacial score (nSPS) is 10.9. The maximum atomic E-state index is 12.7. The Bertz CT molecular complexity index is 1050. The Morgan fingerprint density at radius 3 is 2.33 bits per heavy atom. The quantitative estimate of drug-likeness (QED) is 0.263. The van der Waals surface area contributed by atoms with Crippen molar-refractivity contribution in [2.75, 3.05) is 6.61 Å². The lowest BCUT2D eigenvalue weighted by molar-refractivity contribution is -0.143. The van der Waals surface area contributed by atoms with Crippen molar-refractivity contribution < 1.29 is 19.1 Å². The number of nitrogens with one attached hydrogen (secondary N) is 2. The van der Waals surface area contributed by atoms with Gasteiger partial charge in [-0.3, -0.25) is 20.4 Å². The Balaban J connectivity index is 1.64. The molecule has 0 radical (unpaired) electrons. The van der Waals surface area contributed by atoms with Crippen LogP contribution in [0.5, 0.6) is 0 Å².